The lowest BCUT2D eigenvalue weighted by atomic mass is 9.74. The number of aromatic amines is 1. The average Bonchev–Trinajstić information content (AvgIpc) is 2.79. The summed E-state index contributed by atoms with van der Waals surface area (Å²) in [6, 6.07) is 7.29. The maximum Gasteiger partial charge on any atom is 0.268 e. The SMILES string of the molecule is CC[C@@H]1C[C@H](c2ccc(F)cc2OC)CCC1(F)F.NC(=O)c1nccc2[nH]ccc(=O)c12. The van der Waals surface area contributed by atoms with E-state index in [0.29, 0.717) is 30.5 Å². The van der Waals surface area contributed by atoms with Gasteiger partial charge in [0.05, 0.1) is 18.0 Å². The number of rotatable bonds is 4. The lowest BCUT2D eigenvalue weighted by Gasteiger charge is -2.36. The molecule has 2 aromatic heterocycles. The molecule has 1 fully saturated rings. The van der Waals surface area contributed by atoms with Gasteiger partial charge in [-0.3, -0.25) is 14.6 Å². The number of pyridine rings is 2. The zero-order valence-electron chi connectivity index (χ0n) is 18.4. The third kappa shape index (κ3) is 5.35. The van der Waals surface area contributed by atoms with Gasteiger partial charge in [-0.05, 0) is 42.9 Å². The van der Waals surface area contributed by atoms with Crippen molar-refractivity contribution in [3.8, 4) is 5.75 Å². The lowest BCUT2D eigenvalue weighted by Crippen LogP contribution is -2.34. The Morgan fingerprint density at radius 3 is 2.73 bits per heavy atom. The number of alkyl halides is 2. The highest BCUT2D eigenvalue weighted by Gasteiger charge is 2.44. The van der Waals surface area contributed by atoms with Gasteiger partial charge in [-0.2, -0.15) is 0 Å². The van der Waals surface area contributed by atoms with E-state index in [1.165, 1.54) is 37.7 Å². The number of hydrogen-bond donors (Lipinski definition) is 2. The third-order valence-electron chi connectivity index (χ3n) is 6.02. The number of hydrogen-bond acceptors (Lipinski definition) is 4. The second kappa shape index (κ2) is 10.1. The van der Waals surface area contributed by atoms with E-state index in [-0.39, 0.29) is 34.7 Å². The topological polar surface area (TPSA) is 98.1 Å². The maximum atomic E-state index is 13.7. The van der Waals surface area contributed by atoms with Crippen molar-refractivity contribution in [1.82, 2.24) is 9.97 Å². The normalized spacial score (nSPS) is 19.4. The first kappa shape index (κ1) is 24.3. The van der Waals surface area contributed by atoms with E-state index in [2.05, 4.69) is 9.97 Å². The summed E-state index contributed by atoms with van der Waals surface area (Å²) >= 11 is 0. The van der Waals surface area contributed by atoms with E-state index in [1.54, 1.807) is 19.1 Å². The number of benzene rings is 1. The van der Waals surface area contributed by atoms with Crippen LogP contribution in [0.5, 0.6) is 5.75 Å². The Morgan fingerprint density at radius 1 is 1.30 bits per heavy atom. The van der Waals surface area contributed by atoms with Crippen LogP contribution in [0.2, 0.25) is 0 Å². The monoisotopic (exact) mass is 461 g/mol. The van der Waals surface area contributed by atoms with Gasteiger partial charge in [0, 0.05) is 36.9 Å². The van der Waals surface area contributed by atoms with Gasteiger partial charge in [0.1, 0.15) is 17.3 Å². The van der Waals surface area contributed by atoms with Gasteiger partial charge in [-0.25, -0.2) is 13.2 Å². The van der Waals surface area contributed by atoms with Crippen molar-refractivity contribution >= 4 is 16.8 Å². The second-order valence-corrected chi connectivity index (χ2v) is 8.01. The van der Waals surface area contributed by atoms with Crippen LogP contribution >= 0.6 is 0 Å². The Hall–Kier alpha value is -3.36. The predicted octanol–water partition coefficient (Wildman–Crippen LogP) is 4.79. The Bertz CT molecular complexity index is 1190. The number of methoxy groups -OCH3 is 1. The Morgan fingerprint density at radius 2 is 2.06 bits per heavy atom. The van der Waals surface area contributed by atoms with E-state index in [9.17, 15) is 22.8 Å². The fourth-order valence-corrected chi connectivity index (χ4v) is 4.28. The smallest absolute Gasteiger partial charge is 0.268 e. The fraction of sp³-hybridized carbons (Fsp3) is 0.375. The van der Waals surface area contributed by atoms with Gasteiger partial charge in [0.2, 0.25) is 0 Å². The number of halogens is 3. The van der Waals surface area contributed by atoms with Crippen LogP contribution < -0.4 is 15.9 Å². The third-order valence-corrected chi connectivity index (χ3v) is 6.02. The van der Waals surface area contributed by atoms with Crippen molar-refractivity contribution in [2.24, 2.45) is 11.7 Å². The molecule has 1 aromatic carbocycles. The molecule has 1 saturated carbocycles. The van der Waals surface area contributed by atoms with Crippen LogP contribution in [0, 0.1) is 11.7 Å². The number of carbonyl (C=O) groups is 1. The summed E-state index contributed by atoms with van der Waals surface area (Å²) in [6.45, 7) is 1.79. The molecule has 0 radical (unpaired) electrons. The molecule has 0 unspecified atom stereocenters. The van der Waals surface area contributed by atoms with Crippen molar-refractivity contribution in [3.05, 3.63) is 70.0 Å². The number of ether oxygens (including phenoxy) is 1. The number of amides is 1. The van der Waals surface area contributed by atoms with E-state index in [1.807, 2.05) is 0 Å². The highest BCUT2D eigenvalue weighted by Crippen LogP contribution is 2.47. The molecule has 2 heterocycles. The van der Waals surface area contributed by atoms with Gasteiger partial charge in [0.25, 0.3) is 11.8 Å². The van der Waals surface area contributed by atoms with Crippen LogP contribution in [0.4, 0.5) is 13.2 Å². The second-order valence-electron chi connectivity index (χ2n) is 8.01. The first-order valence-corrected chi connectivity index (χ1v) is 10.6. The number of primary amides is 1. The van der Waals surface area contributed by atoms with E-state index in [4.69, 9.17) is 10.5 Å². The number of aromatic nitrogens is 2. The molecule has 0 saturated heterocycles. The summed E-state index contributed by atoms with van der Waals surface area (Å²) in [4.78, 5) is 29.0. The number of H-pyrrole nitrogens is 1. The molecule has 0 aliphatic heterocycles. The summed E-state index contributed by atoms with van der Waals surface area (Å²) in [5.74, 6) is -3.74. The number of nitrogens with one attached hydrogen (secondary N) is 1. The van der Waals surface area contributed by atoms with Crippen LogP contribution in [-0.4, -0.2) is 28.9 Å². The van der Waals surface area contributed by atoms with Crippen molar-refractivity contribution in [2.45, 2.75) is 44.4 Å². The summed E-state index contributed by atoms with van der Waals surface area (Å²) in [7, 11) is 1.48. The highest BCUT2D eigenvalue weighted by molar-refractivity contribution is 6.03. The number of nitrogens with zero attached hydrogens (tertiary/aromatic N) is 1. The summed E-state index contributed by atoms with van der Waals surface area (Å²) in [6.07, 6.45) is 4.16. The summed E-state index contributed by atoms with van der Waals surface area (Å²) in [5, 5.41) is 0.238. The summed E-state index contributed by atoms with van der Waals surface area (Å²) in [5.41, 5.74) is 6.24. The average molecular weight is 461 g/mol. The van der Waals surface area contributed by atoms with E-state index < -0.39 is 17.7 Å². The summed E-state index contributed by atoms with van der Waals surface area (Å²) < 4.78 is 45.8. The molecule has 33 heavy (non-hydrogen) atoms. The zero-order valence-corrected chi connectivity index (χ0v) is 18.4. The standard InChI is InChI=1S/C15H19F3O.C9H7N3O2/c1-3-11-8-10(6-7-15(11,17)18)13-5-4-12(16)9-14(13)19-2;10-9(14)8-7-5(1-3-12-8)11-4-2-6(7)13/h4-5,9-11H,3,6-8H2,1-2H3;1-4H,(H2,10,14)(H,11,13)/t10-,11-;/m1./s1. The van der Waals surface area contributed by atoms with Crippen LogP contribution in [-0.2, 0) is 0 Å². The van der Waals surface area contributed by atoms with Crippen LogP contribution in [0.15, 0.2) is 47.5 Å². The van der Waals surface area contributed by atoms with Gasteiger partial charge in [-0.15, -0.1) is 0 Å². The molecule has 6 nitrogen and oxygen atoms in total. The molecule has 1 aliphatic rings. The number of carbonyl (C=O) groups excluding carboxylic acids is 1. The van der Waals surface area contributed by atoms with Gasteiger partial charge < -0.3 is 15.5 Å². The van der Waals surface area contributed by atoms with E-state index in [0.717, 1.165) is 5.56 Å². The molecule has 1 amide bonds. The predicted molar refractivity (Wildman–Crippen MR) is 119 cm³/mol. The molecule has 3 aromatic rings. The molecule has 0 spiro atoms. The van der Waals surface area contributed by atoms with Gasteiger partial charge in [-0.1, -0.05) is 13.0 Å². The molecule has 2 atom stereocenters. The number of fused-ring (bicyclic) bond motifs is 1. The minimum Gasteiger partial charge on any atom is -0.496 e. The minimum atomic E-state index is -2.57. The lowest BCUT2D eigenvalue weighted by molar-refractivity contribution is -0.0912. The molecular weight excluding hydrogens is 435 g/mol. The molecule has 176 valence electrons. The van der Waals surface area contributed by atoms with Crippen LogP contribution in [0.1, 0.15) is 54.6 Å². The van der Waals surface area contributed by atoms with E-state index >= 15 is 0 Å². The first-order chi connectivity index (χ1) is 15.7. The maximum absolute atomic E-state index is 13.7. The van der Waals surface area contributed by atoms with Crippen LogP contribution in [0.3, 0.4) is 0 Å². The molecule has 3 N–H and O–H groups in total. The molecule has 1 aliphatic carbocycles. The highest BCUT2D eigenvalue weighted by atomic mass is 19.3. The molecule has 9 heteroatoms. The van der Waals surface area contributed by atoms with Crippen molar-refractivity contribution in [1.29, 1.82) is 0 Å². The minimum absolute atomic E-state index is 0.00403. The first-order valence-electron chi connectivity index (χ1n) is 10.6. The molecule has 0 bridgehead atoms. The van der Waals surface area contributed by atoms with Gasteiger partial charge >= 0.3 is 0 Å². The van der Waals surface area contributed by atoms with Crippen molar-refractivity contribution in [2.75, 3.05) is 7.11 Å². The zero-order chi connectivity index (χ0) is 24.2. The Balaban J connectivity index is 0.000000194. The van der Waals surface area contributed by atoms with Crippen molar-refractivity contribution < 1.29 is 22.7 Å². The number of nitrogens with two attached hydrogens (primary N) is 1. The van der Waals surface area contributed by atoms with Crippen molar-refractivity contribution in [3.63, 3.8) is 0 Å². The Labute approximate surface area is 189 Å². The fourth-order valence-electron chi connectivity index (χ4n) is 4.28. The molecule has 4 rings (SSSR count). The quantitative estimate of drug-likeness (QED) is 0.584. The van der Waals surface area contributed by atoms with Gasteiger partial charge in [0.15, 0.2) is 5.43 Å². The Kier molecular flexibility index (Phi) is 7.40. The largest absolute Gasteiger partial charge is 0.496 e. The molecular formula is C24H26F3N3O3. The van der Waals surface area contributed by atoms with Crippen LogP contribution in [0.25, 0.3) is 10.9 Å².